The maximum atomic E-state index is 13.8. The van der Waals surface area contributed by atoms with Gasteiger partial charge in [0.25, 0.3) is 5.92 Å². The van der Waals surface area contributed by atoms with Gasteiger partial charge in [-0.25, -0.2) is 23.1 Å². The van der Waals surface area contributed by atoms with Crippen LogP contribution in [-0.4, -0.2) is 66.4 Å². The zero-order valence-electron chi connectivity index (χ0n) is 16.1. The first-order valence-electron chi connectivity index (χ1n) is 9.68. The Balaban J connectivity index is 1.65. The molecule has 0 amide bonds. The standard InChI is InChI=1S/C19H22ClF3N6O/c20-13-10-25-16(9-14(13)21)26-17-7-12(28-5-2-24-3-6-28)8-18(27-17)29-4-1-19(22,23)15(30)11-29/h7-10,15,24,30H,1-6,11H2,(H,25,26,27). The van der Waals surface area contributed by atoms with Gasteiger partial charge in [0.05, 0.1) is 17.8 Å². The number of nitrogens with zero attached hydrogens (tertiary/aromatic N) is 4. The minimum atomic E-state index is -3.11. The highest BCUT2D eigenvalue weighted by Gasteiger charge is 2.43. The summed E-state index contributed by atoms with van der Waals surface area (Å²) < 4.78 is 41.2. The maximum absolute atomic E-state index is 13.8. The van der Waals surface area contributed by atoms with E-state index < -0.39 is 24.3 Å². The zero-order valence-corrected chi connectivity index (χ0v) is 16.8. The van der Waals surface area contributed by atoms with Crippen LogP contribution in [0.4, 0.5) is 36.3 Å². The molecule has 7 nitrogen and oxygen atoms in total. The number of hydrogen-bond acceptors (Lipinski definition) is 7. The Kier molecular flexibility index (Phi) is 5.90. The van der Waals surface area contributed by atoms with Gasteiger partial charge in [0.2, 0.25) is 0 Å². The summed E-state index contributed by atoms with van der Waals surface area (Å²) in [4.78, 5) is 12.3. The number of aliphatic hydroxyl groups is 1. The number of β-amino-alcohol motifs (C(OH)–C–C–N with tert-alkyl or cyclic N) is 1. The van der Waals surface area contributed by atoms with Gasteiger partial charge in [-0.05, 0) is 0 Å². The molecular weight excluding hydrogens is 421 g/mol. The Morgan fingerprint density at radius 3 is 2.60 bits per heavy atom. The van der Waals surface area contributed by atoms with E-state index in [-0.39, 0.29) is 23.9 Å². The van der Waals surface area contributed by atoms with E-state index in [4.69, 9.17) is 11.6 Å². The van der Waals surface area contributed by atoms with Gasteiger partial charge in [-0.3, -0.25) is 0 Å². The van der Waals surface area contributed by atoms with E-state index in [9.17, 15) is 18.3 Å². The third-order valence-corrected chi connectivity index (χ3v) is 5.54. The summed E-state index contributed by atoms with van der Waals surface area (Å²) >= 11 is 5.69. The molecule has 0 spiro atoms. The molecule has 2 aromatic heterocycles. The molecule has 2 aliphatic heterocycles. The molecule has 4 rings (SSSR count). The molecule has 1 unspecified atom stereocenters. The summed E-state index contributed by atoms with van der Waals surface area (Å²) in [6.07, 6.45) is -1.02. The molecule has 1 atom stereocenters. The van der Waals surface area contributed by atoms with Gasteiger partial charge < -0.3 is 25.5 Å². The van der Waals surface area contributed by atoms with Gasteiger partial charge in [-0.15, -0.1) is 0 Å². The molecule has 0 saturated carbocycles. The van der Waals surface area contributed by atoms with Crippen LogP contribution in [0, 0.1) is 5.82 Å². The van der Waals surface area contributed by atoms with Gasteiger partial charge in [-0.2, -0.15) is 0 Å². The van der Waals surface area contributed by atoms with Gasteiger partial charge in [-0.1, -0.05) is 11.6 Å². The topological polar surface area (TPSA) is 76.6 Å². The quantitative estimate of drug-likeness (QED) is 0.672. The van der Waals surface area contributed by atoms with Crippen LogP contribution in [0.15, 0.2) is 24.4 Å². The molecule has 0 radical (unpaired) electrons. The fourth-order valence-electron chi connectivity index (χ4n) is 3.54. The van der Waals surface area contributed by atoms with Crippen LogP contribution in [0.25, 0.3) is 0 Å². The lowest BCUT2D eigenvalue weighted by molar-refractivity contribution is -0.118. The van der Waals surface area contributed by atoms with E-state index in [1.54, 1.807) is 11.0 Å². The number of anilines is 4. The Labute approximate surface area is 176 Å². The Morgan fingerprint density at radius 2 is 1.90 bits per heavy atom. The van der Waals surface area contributed by atoms with Crippen molar-refractivity contribution < 1.29 is 18.3 Å². The van der Waals surface area contributed by atoms with E-state index >= 15 is 0 Å². The van der Waals surface area contributed by atoms with Crippen LogP contribution in [-0.2, 0) is 0 Å². The number of piperidine rings is 1. The highest BCUT2D eigenvalue weighted by molar-refractivity contribution is 6.30. The summed E-state index contributed by atoms with van der Waals surface area (Å²) in [6, 6.07) is 4.78. The van der Waals surface area contributed by atoms with Crippen molar-refractivity contribution in [2.45, 2.75) is 18.4 Å². The molecule has 2 aliphatic rings. The molecule has 30 heavy (non-hydrogen) atoms. The number of aliphatic hydroxyl groups excluding tert-OH is 1. The normalized spacial score (nSPS) is 21.6. The van der Waals surface area contributed by atoms with Crippen molar-refractivity contribution in [1.82, 2.24) is 15.3 Å². The summed E-state index contributed by atoms with van der Waals surface area (Å²) in [7, 11) is 0. The van der Waals surface area contributed by atoms with Crippen molar-refractivity contribution in [2.75, 3.05) is 54.4 Å². The van der Waals surface area contributed by atoms with E-state index in [0.717, 1.165) is 37.9 Å². The summed E-state index contributed by atoms with van der Waals surface area (Å²) in [6.45, 7) is 3.03. The van der Waals surface area contributed by atoms with Crippen LogP contribution in [0.3, 0.4) is 0 Å². The van der Waals surface area contributed by atoms with Crippen LogP contribution in [0.1, 0.15) is 6.42 Å². The van der Waals surface area contributed by atoms with E-state index in [0.29, 0.717) is 11.6 Å². The molecule has 4 heterocycles. The number of alkyl halides is 2. The molecular formula is C19H22ClF3N6O. The summed E-state index contributed by atoms with van der Waals surface area (Å²) in [5.74, 6) is -2.66. The van der Waals surface area contributed by atoms with Gasteiger partial charge >= 0.3 is 0 Å². The first-order valence-corrected chi connectivity index (χ1v) is 10.1. The number of halogens is 4. The summed E-state index contributed by atoms with van der Waals surface area (Å²) in [5, 5.41) is 16.0. The minimum absolute atomic E-state index is 0.0648. The molecule has 3 N–H and O–H groups in total. The zero-order chi connectivity index (χ0) is 21.3. The van der Waals surface area contributed by atoms with Crippen LogP contribution in [0.5, 0.6) is 0 Å². The van der Waals surface area contributed by atoms with Gasteiger partial charge in [0, 0.05) is 63.0 Å². The van der Waals surface area contributed by atoms with E-state index in [1.165, 1.54) is 6.20 Å². The average molecular weight is 443 g/mol. The van der Waals surface area contributed by atoms with Crippen LogP contribution >= 0.6 is 11.6 Å². The fourth-order valence-corrected chi connectivity index (χ4v) is 3.64. The third kappa shape index (κ3) is 4.55. The van der Waals surface area contributed by atoms with Crippen LogP contribution in [0.2, 0.25) is 5.02 Å². The number of rotatable bonds is 4. The Morgan fingerprint density at radius 1 is 1.13 bits per heavy atom. The lowest BCUT2D eigenvalue weighted by Gasteiger charge is -2.37. The van der Waals surface area contributed by atoms with Gasteiger partial charge in [0.15, 0.2) is 0 Å². The van der Waals surface area contributed by atoms with Crippen molar-refractivity contribution in [1.29, 1.82) is 0 Å². The molecule has 162 valence electrons. The monoisotopic (exact) mass is 442 g/mol. The fraction of sp³-hybridized carbons (Fsp3) is 0.474. The Hall–Kier alpha value is -2.30. The lowest BCUT2D eigenvalue weighted by Crippen LogP contribution is -2.51. The molecule has 0 aromatic carbocycles. The molecule has 0 bridgehead atoms. The van der Waals surface area contributed by atoms with Crippen LogP contribution < -0.4 is 20.4 Å². The third-order valence-electron chi connectivity index (χ3n) is 5.26. The second-order valence-electron chi connectivity index (χ2n) is 7.39. The largest absolute Gasteiger partial charge is 0.385 e. The molecule has 2 aromatic rings. The molecule has 0 aliphatic carbocycles. The second kappa shape index (κ2) is 8.44. The predicted octanol–water partition coefficient (Wildman–Crippen LogP) is 2.63. The molecule has 11 heteroatoms. The second-order valence-corrected chi connectivity index (χ2v) is 7.79. The number of piperazine rings is 1. The first kappa shape index (κ1) is 21.0. The number of nitrogens with one attached hydrogen (secondary N) is 2. The predicted molar refractivity (Wildman–Crippen MR) is 110 cm³/mol. The first-order chi connectivity index (χ1) is 14.3. The maximum Gasteiger partial charge on any atom is 0.276 e. The van der Waals surface area contributed by atoms with E-state index in [1.807, 2.05) is 6.07 Å². The van der Waals surface area contributed by atoms with Crippen molar-refractivity contribution in [2.24, 2.45) is 0 Å². The Bertz CT molecular complexity index is 912. The highest BCUT2D eigenvalue weighted by Crippen LogP contribution is 2.33. The van der Waals surface area contributed by atoms with Crippen molar-refractivity contribution in [3.05, 3.63) is 35.2 Å². The highest BCUT2D eigenvalue weighted by atomic mass is 35.5. The average Bonchev–Trinajstić information content (AvgIpc) is 2.73. The van der Waals surface area contributed by atoms with Crippen molar-refractivity contribution in [3.8, 4) is 0 Å². The minimum Gasteiger partial charge on any atom is -0.385 e. The smallest absolute Gasteiger partial charge is 0.276 e. The van der Waals surface area contributed by atoms with Gasteiger partial charge in [0.1, 0.15) is 29.4 Å². The molecule has 2 saturated heterocycles. The summed E-state index contributed by atoms with van der Waals surface area (Å²) in [5.41, 5.74) is 0.852. The van der Waals surface area contributed by atoms with Crippen molar-refractivity contribution in [3.63, 3.8) is 0 Å². The number of hydrogen-bond donors (Lipinski definition) is 3. The lowest BCUT2D eigenvalue weighted by atomic mass is 10.0. The van der Waals surface area contributed by atoms with E-state index in [2.05, 4.69) is 25.5 Å². The van der Waals surface area contributed by atoms with Crippen molar-refractivity contribution >= 4 is 34.7 Å². The molecule has 2 fully saturated rings. The SMILES string of the molecule is OC1CN(c2cc(N3CCNCC3)cc(Nc3cc(F)c(Cl)cn3)n2)CCC1(F)F. The number of aromatic nitrogens is 2. The number of pyridine rings is 2.